The van der Waals surface area contributed by atoms with Crippen molar-refractivity contribution in [2.75, 3.05) is 59.0 Å². The van der Waals surface area contributed by atoms with Gasteiger partial charge in [-0.2, -0.15) is 0 Å². The number of hydrogen-bond acceptors (Lipinski definition) is 4. The zero-order valence-corrected chi connectivity index (χ0v) is 19.5. The highest BCUT2D eigenvalue weighted by Gasteiger charge is 2.09. The van der Waals surface area contributed by atoms with Gasteiger partial charge in [-0.15, -0.1) is 24.0 Å². The largest absolute Gasteiger partial charge is 0.379 e. The fraction of sp³-hybridized carbons (Fsp3) is 0.579. The van der Waals surface area contributed by atoms with Gasteiger partial charge in [0.1, 0.15) is 0 Å². The van der Waals surface area contributed by atoms with Gasteiger partial charge in [-0.05, 0) is 37.6 Å². The van der Waals surface area contributed by atoms with E-state index >= 15 is 0 Å². The van der Waals surface area contributed by atoms with E-state index in [4.69, 9.17) is 16.3 Å². The molecule has 1 aromatic rings. The number of benzene rings is 1. The van der Waals surface area contributed by atoms with E-state index in [9.17, 15) is 4.79 Å². The molecule has 0 spiro atoms. The summed E-state index contributed by atoms with van der Waals surface area (Å²) in [6.45, 7) is 9.44. The van der Waals surface area contributed by atoms with Crippen molar-refractivity contribution < 1.29 is 9.53 Å². The topological polar surface area (TPSA) is 78.0 Å². The van der Waals surface area contributed by atoms with E-state index in [0.29, 0.717) is 23.7 Å². The Bertz CT molecular complexity index is 594. The number of hydrogen-bond donors (Lipinski definition) is 3. The predicted molar refractivity (Wildman–Crippen MR) is 125 cm³/mol. The van der Waals surface area contributed by atoms with Gasteiger partial charge in [-0.3, -0.25) is 14.7 Å². The third kappa shape index (κ3) is 9.90. The number of ether oxygens (including phenoxy) is 1. The van der Waals surface area contributed by atoms with Gasteiger partial charge in [0.25, 0.3) is 5.91 Å². The molecule has 9 heteroatoms. The third-order valence-corrected chi connectivity index (χ3v) is 4.41. The van der Waals surface area contributed by atoms with Crippen LogP contribution < -0.4 is 16.0 Å². The second kappa shape index (κ2) is 14.8. The number of morpholine rings is 1. The van der Waals surface area contributed by atoms with Crippen LogP contribution in [0.5, 0.6) is 0 Å². The second-order valence-corrected chi connectivity index (χ2v) is 6.69. The molecular formula is C19H31ClIN5O2. The minimum absolute atomic E-state index is 0. The first-order chi connectivity index (χ1) is 13.2. The van der Waals surface area contributed by atoms with Gasteiger partial charge >= 0.3 is 0 Å². The van der Waals surface area contributed by atoms with Gasteiger partial charge in [-0.1, -0.05) is 11.6 Å². The molecule has 0 aromatic heterocycles. The summed E-state index contributed by atoms with van der Waals surface area (Å²) in [6.07, 6.45) is 1.02. The van der Waals surface area contributed by atoms with Crippen molar-refractivity contribution in [1.82, 2.24) is 20.9 Å². The lowest BCUT2D eigenvalue weighted by molar-refractivity contribution is 0.0377. The maximum Gasteiger partial charge on any atom is 0.251 e. The van der Waals surface area contributed by atoms with E-state index in [2.05, 4.69) is 25.8 Å². The van der Waals surface area contributed by atoms with Gasteiger partial charge in [-0.25, -0.2) is 0 Å². The highest BCUT2D eigenvalue weighted by atomic mass is 127. The van der Waals surface area contributed by atoms with Crippen LogP contribution in [0.3, 0.4) is 0 Å². The summed E-state index contributed by atoms with van der Waals surface area (Å²) in [4.78, 5) is 19.0. The summed E-state index contributed by atoms with van der Waals surface area (Å²) in [7, 11) is 0. The molecule has 1 aromatic carbocycles. The number of halogens is 2. The lowest BCUT2D eigenvalue weighted by atomic mass is 10.2. The molecule has 2 rings (SSSR count). The molecule has 1 aliphatic rings. The standard InChI is InChI=1S/C19H30ClN5O2.HI/c1-2-21-19(23-8-3-11-25-12-14-27-15-13-25)24-10-9-22-18(26)16-4-6-17(20)7-5-16;/h4-7H,2-3,8-15H2,1H3,(H,22,26)(H2,21,23,24);1H. The summed E-state index contributed by atoms with van der Waals surface area (Å²) < 4.78 is 5.36. The minimum Gasteiger partial charge on any atom is -0.379 e. The summed E-state index contributed by atoms with van der Waals surface area (Å²) in [6, 6.07) is 6.85. The zero-order chi connectivity index (χ0) is 19.3. The maximum absolute atomic E-state index is 12.0. The predicted octanol–water partition coefficient (Wildman–Crippen LogP) is 1.97. The Morgan fingerprint density at radius 1 is 1.14 bits per heavy atom. The van der Waals surface area contributed by atoms with Crippen LogP contribution in [0.25, 0.3) is 0 Å². The molecule has 3 N–H and O–H groups in total. The van der Waals surface area contributed by atoms with E-state index in [0.717, 1.165) is 58.3 Å². The quantitative estimate of drug-likeness (QED) is 0.200. The van der Waals surface area contributed by atoms with Crippen molar-refractivity contribution in [3.05, 3.63) is 34.9 Å². The fourth-order valence-electron chi connectivity index (χ4n) is 2.71. The first-order valence-corrected chi connectivity index (χ1v) is 9.93. The summed E-state index contributed by atoms with van der Waals surface area (Å²) in [5.41, 5.74) is 0.600. The number of carbonyl (C=O) groups is 1. The number of nitrogens with zero attached hydrogens (tertiary/aromatic N) is 2. The first kappa shape index (κ1) is 24.9. The molecule has 1 heterocycles. The molecule has 28 heavy (non-hydrogen) atoms. The molecule has 0 bridgehead atoms. The molecule has 1 aliphatic heterocycles. The Hall–Kier alpha value is -1.10. The van der Waals surface area contributed by atoms with Crippen LogP contribution in [-0.2, 0) is 4.74 Å². The summed E-state index contributed by atoms with van der Waals surface area (Å²) in [5.74, 6) is 0.668. The molecule has 0 unspecified atom stereocenters. The van der Waals surface area contributed by atoms with Crippen LogP contribution in [0, 0.1) is 0 Å². The number of aliphatic imine (C=N–C) groups is 1. The first-order valence-electron chi connectivity index (χ1n) is 9.55. The highest BCUT2D eigenvalue weighted by Crippen LogP contribution is 2.09. The van der Waals surface area contributed by atoms with Gasteiger partial charge in [0.05, 0.1) is 13.2 Å². The Labute approximate surface area is 189 Å². The van der Waals surface area contributed by atoms with Gasteiger partial charge in [0.2, 0.25) is 0 Å². The Morgan fingerprint density at radius 3 is 2.50 bits per heavy atom. The monoisotopic (exact) mass is 523 g/mol. The van der Waals surface area contributed by atoms with Crippen LogP contribution in [0.2, 0.25) is 5.02 Å². The maximum atomic E-state index is 12.0. The smallest absolute Gasteiger partial charge is 0.251 e. The minimum atomic E-state index is -0.110. The number of nitrogens with one attached hydrogen (secondary N) is 3. The summed E-state index contributed by atoms with van der Waals surface area (Å²) >= 11 is 5.83. The van der Waals surface area contributed by atoms with Crippen molar-refractivity contribution >= 4 is 47.4 Å². The van der Waals surface area contributed by atoms with Crippen molar-refractivity contribution in [3.63, 3.8) is 0 Å². The lowest BCUT2D eigenvalue weighted by Gasteiger charge is -2.26. The van der Waals surface area contributed by atoms with Crippen molar-refractivity contribution in [2.45, 2.75) is 13.3 Å². The Balaban J connectivity index is 0.00000392. The number of amides is 1. The third-order valence-electron chi connectivity index (χ3n) is 4.16. The molecule has 0 atom stereocenters. The van der Waals surface area contributed by atoms with Crippen LogP contribution in [0.1, 0.15) is 23.7 Å². The second-order valence-electron chi connectivity index (χ2n) is 6.26. The van der Waals surface area contributed by atoms with Crippen LogP contribution in [0.15, 0.2) is 29.3 Å². The van der Waals surface area contributed by atoms with Crippen LogP contribution in [0.4, 0.5) is 0 Å². The molecule has 0 saturated carbocycles. The Morgan fingerprint density at radius 2 is 1.82 bits per heavy atom. The zero-order valence-electron chi connectivity index (χ0n) is 16.4. The average molecular weight is 524 g/mol. The van der Waals surface area contributed by atoms with E-state index < -0.39 is 0 Å². The van der Waals surface area contributed by atoms with E-state index in [1.807, 2.05) is 6.92 Å². The molecular weight excluding hydrogens is 493 g/mol. The molecule has 1 amide bonds. The fourth-order valence-corrected chi connectivity index (χ4v) is 2.84. The van der Waals surface area contributed by atoms with Crippen molar-refractivity contribution in [3.8, 4) is 0 Å². The molecule has 7 nitrogen and oxygen atoms in total. The average Bonchev–Trinajstić information content (AvgIpc) is 2.69. The van der Waals surface area contributed by atoms with E-state index in [-0.39, 0.29) is 29.9 Å². The lowest BCUT2D eigenvalue weighted by Crippen LogP contribution is -2.41. The molecule has 1 fully saturated rings. The van der Waals surface area contributed by atoms with Gasteiger partial charge in [0.15, 0.2) is 5.96 Å². The highest BCUT2D eigenvalue weighted by molar-refractivity contribution is 14.0. The van der Waals surface area contributed by atoms with Crippen molar-refractivity contribution in [1.29, 1.82) is 0 Å². The number of carbonyl (C=O) groups excluding carboxylic acids is 1. The van der Waals surface area contributed by atoms with Crippen molar-refractivity contribution in [2.24, 2.45) is 4.99 Å². The normalized spacial score (nSPS) is 14.9. The van der Waals surface area contributed by atoms with Gasteiger partial charge in [0, 0.05) is 56.4 Å². The number of guanidine groups is 1. The van der Waals surface area contributed by atoms with Crippen LogP contribution in [-0.4, -0.2) is 75.8 Å². The molecule has 0 radical (unpaired) electrons. The molecule has 0 aliphatic carbocycles. The number of rotatable bonds is 9. The van der Waals surface area contributed by atoms with E-state index in [1.165, 1.54) is 0 Å². The molecule has 158 valence electrons. The van der Waals surface area contributed by atoms with Gasteiger partial charge < -0.3 is 20.7 Å². The van der Waals surface area contributed by atoms with E-state index in [1.54, 1.807) is 24.3 Å². The SMILES string of the molecule is CCNC(=NCCCN1CCOCC1)NCCNC(=O)c1ccc(Cl)cc1.I. The summed E-state index contributed by atoms with van der Waals surface area (Å²) in [5, 5.41) is 9.97. The van der Waals surface area contributed by atoms with Crippen LogP contribution >= 0.6 is 35.6 Å². The molecule has 1 saturated heterocycles. The Kier molecular flexibility index (Phi) is 13.2.